The van der Waals surface area contributed by atoms with Crippen LogP contribution in [-0.4, -0.2) is 37.8 Å². The molecule has 5 rings (SSSR count). The number of carboxylic acids is 1. The van der Waals surface area contributed by atoms with Crippen LogP contribution in [0.2, 0.25) is 0 Å². The third-order valence-corrected chi connectivity index (χ3v) is 10.6. The number of amides is 1. The molecule has 0 saturated heterocycles. The predicted octanol–water partition coefficient (Wildman–Crippen LogP) is 7.06. The van der Waals surface area contributed by atoms with E-state index in [0.717, 1.165) is 81.9 Å². The van der Waals surface area contributed by atoms with Gasteiger partial charge in [0.05, 0.1) is 11.7 Å². The molecule has 0 aromatic carbocycles. The van der Waals surface area contributed by atoms with E-state index in [9.17, 15) is 14.7 Å². The van der Waals surface area contributed by atoms with Crippen molar-refractivity contribution in [2.45, 2.75) is 116 Å². The Labute approximate surface area is 224 Å². The number of hydrogen-bond acceptors (Lipinski definition) is 5. The number of aromatic nitrogens is 3. The lowest BCUT2D eigenvalue weighted by atomic mass is 9.73. The molecule has 202 valence electrons. The topological polar surface area (TPSA) is 88.3 Å². The Morgan fingerprint density at radius 2 is 1.70 bits per heavy atom. The second kappa shape index (κ2) is 10.9. The molecule has 3 fully saturated rings. The molecule has 0 unspecified atom stereocenters. The van der Waals surface area contributed by atoms with Crippen LogP contribution in [0.1, 0.15) is 124 Å². The Morgan fingerprint density at radius 1 is 1.03 bits per heavy atom. The van der Waals surface area contributed by atoms with Crippen molar-refractivity contribution in [3.63, 3.8) is 0 Å². The van der Waals surface area contributed by atoms with Crippen molar-refractivity contribution in [3.05, 3.63) is 28.5 Å². The highest BCUT2D eigenvalue weighted by Crippen LogP contribution is 2.47. The van der Waals surface area contributed by atoms with E-state index in [1.54, 1.807) is 12.7 Å². The van der Waals surface area contributed by atoms with Crippen LogP contribution in [0.25, 0.3) is 0 Å². The molecule has 0 atom stereocenters. The van der Waals surface area contributed by atoms with Crippen LogP contribution >= 0.6 is 11.3 Å². The first-order valence-corrected chi connectivity index (χ1v) is 15.1. The second-order valence-electron chi connectivity index (χ2n) is 12.6. The van der Waals surface area contributed by atoms with E-state index in [2.05, 4.69) is 36.9 Å². The molecular formula is C29H42N4O3S. The zero-order chi connectivity index (χ0) is 26.2. The molecule has 0 radical (unpaired) electrons. The summed E-state index contributed by atoms with van der Waals surface area (Å²) < 4.78 is 1.93. The fourth-order valence-electron chi connectivity index (χ4n) is 6.80. The minimum Gasteiger partial charge on any atom is -0.477 e. The summed E-state index contributed by atoms with van der Waals surface area (Å²) in [5.41, 5.74) is 1.01. The standard InChI is InChI=1S/C29H42N4O3S/c1-19-4-6-21(7-5-19)27(34)33(23-10-8-22(9-11-23)32-18-30-17-31-32)24-16-25(37-26(24)28(35)36)20-12-14-29(2,3)15-13-20/h16-23H,4-15H2,1-3H3,(H,35,36). The van der Waals surface area contributed by atoms with Gasteiger partial charge in [-0.25, -0.2) is 14.5 Å². The van der Waals surface area contributed by atoms with Gasteiger partial charge in [-0.15, -0.1) is 11.3 Å². The van der Waals surface area contributed by atoms with E-state index in [1.807, 2.05) is 9.58 Å². The molecule has 3 aliphatic rings. The minimum atomic E-state index is -0.909. The van der Waals surface area contributed by atoms with Gasteiger partial charge < -0.3 is 10.0 Å². The number of carbonyl (C=O) groups excluding carboxylic acids is 1. The highest BCUT2D eigenvalue weighted by Gasteiger charge is 2.39. The molecule has 2 aromatic rings. The fourth-order valence-corrected chi connectivity index (χ4v) is 7.96. The quantitative estimate of drug-likeness (QED) is 0.435. The lowest BCUT2D eigenvalue weighted by Crippen LogP contribution is -2.46. The van der Waals surface area contributed by atoms with Crippen LogP contribution in [0.5, 0.6) is 0 Å². The zero-order valence-electron chi connectivity index (χ0n) is 22.6. The number of nitrogens with zero attached hydrogens (tertiary/aromatic N) is 4. The summed E-state index contributed by atoms with van der Waals surface area (Å²) in [6.45, 7) is 6.92. The van der Waals surface area contributed by atoms with Crippen molar-refractivity contribution in [2.75, 3.05) is 4.90 Å². The maximum atomic E-state index is 14.2. The number of carboxylic acid groups (broad SMARTS) is 1. The molecule has 2 aromatic heterocycles. The van der Waals surface area contributed by atoms with Gasteiger partial charge in [-0.1, -0.05) is 20.8 Å². The molecule has 0 bridgehead atoms. The zero-order valence-corrected chi connectivity index (χ0v) is 23.4. The number of hydrogen-bond donors (Lipinski definition) is 1. The molecule has 7 nitrogen and oxygen atoms in total. The van der Waals surface area contributed by atoms with Crippen LogP contribution in [0.3, 0.4) is 0 Å². The summed E-state index contributed by atoms with van der Waals surface area (Å²) in [5.74, 6) is 0.278. The molecule has 1 N–H and O–H groups in total. The Hall–Kier alpha value is -2.22. The average molecular weight is 527 g/mol. The van der Waals surface area contributed by atoms with Crippen LogP contribution in [0, 0.1) is 17.3 Å². The SMILES string of the molecule is CC1CCC(C(=O)N(c2cc(C3CCC(C)(C)CC3)sc2C(=O)O)C2CCC(n3cncn3)CC2)CC1. The van der Waals surface area contributed by atoms with E-state index in [-0.39, 0.29) is 23.9 Å². The first-order valence-electron chi connectivity index (χ1n) is 14.3. The third-order valence-electron chi connectivity index (χ3n) is 9.37. The van der Waals surface area contributed by atoms with Crippen molar-refractivity contribution in [3.8, 4) is 0 Å². The molecule has 8 heteroatoms. The first kappa shape index (κ1) is 26.4. The van der Waals surface area contributed by atoms with Crippen molar-refractivity contribution in [1.29, 1.82) is 0 Å². The summed E-state index contributed by atoms with van der Waals surface area (Å²) in [7, 11) is 0. The summed E-state index contributed by atoms with van der Waals surface area (Å²) in [4.78, 5) is 34.2. The first-order chi connectivity index (χ1) is 17.7. The second-order valence-corrected chi connectivity index (χ2v) is 13.7. The van der Waals surface area contributed by atoms with E-state index in [4.69, 9.17) is 0 Å². The van der Waals surface area contributed by atoms with Crippen LogP contribution in [0.4, 0.5) is 5.69 Å². The van der Waals surface area contributed by atoms with Gasteiger partial charge in [0.1, 0.15) is 17.5 Å². The highest BCUT2D eigenvalue weighted by molar-refractivity contribution is 7.14. The van der Waals surface area contributed by atoms with Crippen LogP contribution < -0.4 is 4.90 Å². The number of aromatic carboxylic acids is 1. The third kappa shape index (κ3) is 5.79. The molecule has 2 heterocycles. The van der Waals surface area contributed by atoms with Gasteiger partial charge in [0.25, 0.3) is 0 Å². The van der Waals surface area contributed by atoms with Gasteiger partial charge in [0.15, 0.2) is 0 Å². The Bertz CT molecular complexity index is 1070. The van der Waals surface area contributed by atoms with Crippen molar-refractivity contribution in [1.82, 2.24) is 14.8 Å². The van der Waals surface area contributed by atoms with E-state index in [1.165, 1.54) is 11.3 Å². The Balaban J connectivity index is 1.44. The largest absolute Gasteiger partial charge is 0.477 e. The molecule has 1 amide bonds. The lowest BCUT2D eigenvalue weighted by Gasteiger charge is -2.39. The number of rotatable bonds is 6. The molecule has 3 saturated carbocycles. The van der Waals surface area contributed by atoms with E-state index in [0.29, 0.717) is 27.8 Å². The maximum absolute atomic E-state index is 14.2. The van der Waals surface area contributed by atoms with Crippen LogP contribution in [0.15, 0.2) is 18.7 Å². The Kier molecular flexibility index (Phi) is 7.75. The van der Waals surface area contributed by atoms with E-state index >= 15 is 0 Å². The maximum Gasteiger partial charge on any atom is 0.348 e. The molecular weight excluding hydrogens is 484 g/mol. The number of thiophene rings is 1. The highest BCUT2D eigenvalue weighted by atomic mass is 32.1. The normalized spacial score (nSPS) is 28.6. The smallest absolute Gasteiger partial charge is 0.348 e. The monoisotopic (exact) mass is 526 g/mol. The van der Waals surface area contributed by atoms with Crippen LogP contribution in [-0.2, 0) is 4.79 Å². The summed E-state index contributed by atoms with van der Waals surface area (Å²) in [6, 6.07) is 2.40. The molecule has 0 aliphatic heterocycles. The summed E-state index contributed by atoms with van der Waals surface area (Å²) in [5, 5.41) is 14.6. The predicted molar refractivity (Wildman–Crippen MR) is 146 cm³/mol. The fraction of sp³-hybridized carbons (Fsp3) is 0.724. The molecule has 0 spiro atoms. The van der Waals surface area contributed by atoms with Crippen molar-refractivity contribution < 1.29 is 14.7 Å². The van der Waals surface area contributed by atoms with Gasteiger partial charge in [-0.05, 0) is 100 Å². The summed E-state index contributed by atoms with van der Waals surface area (Å²) in [6.07, 6.45) is 15.3. The minimum absolute atomic E-state index is 0.00952. The molecule has 3 aliphatic carbocycles. The van der Waals surface area contributed by atoms with Gasteiger partial charge in [0, 0.05) is 16.8 Å². The number of anilines is 1. The van der Waals surface area contributed by atoms with Crippen molar-refractivity contribution in [2.24, 2.45) is 17.3 Å². The number of carbonyl (C=O) groups is 2. The average Bonchev–Trinajstić information content (AvgIpc) is 3.56. The van der Waals surface area contributed by atoms with Crippen molar-refractivity contribution >= 4 is 28.9 Å². The van der Waals surface area contributed by atoms with Gasteiger partial charge in [0.2, 0.25) is 5.91 Å². The summed E-state index contributed by atoms with van der Waals surface area (Å²) >= 11 is 1.41. The van der Waals surface area contributed by atoms with Gasteiger partial charge >= 0.3 is 5.97 Å². The lowest BCUT2D eigenvalue weighted by molar-refractivity contribution is -0.124. The Morgan fingerprint density at radius 3 is 2.30 bits per heavy atom. The van der Waals surface area contributed by atoms with Gasteiger partial charge in [-0.2, -0.15) is 5.10 Å². The van der Waals surface area contributed by atoms with Gasteiger partial charge in [-0.3, -0.25) is 4.79 Å². The van der Waals surface area contributed by atoms with E-state index < -0.39 is 5.97 Å². The molecule has 37 heavy (non-hydrogen) atoms.